The minimum atomic E-state index is -0.580. The zero-order valence-electron chi connectivity index (χ0n) is 17.4. The smallest absolute Gasteiger partial charge is 0.344 e. The Labute approximate surface area is 181 Å². The largest absolute Gasteiger partial charge is 0.458 e. The van der Waals surface area contributed by atoms with Crippen molar-refractivity contribution in [1.29, 1.82) is 0 Å². The molecule has 8 heteroatoms. The van der Waals surface area contributed by atoms with Crippen LogP contribution in [0.1, 0.15) is 30.4 Å². The second kappa shape index (κ2) is 16.0. The highest BCUT2D eigenvalue weighted by atomic mass is 17.2. The minimum Gasteiger partial charge on any atom is -0.458 e. The molecule has 0 aliphatic heterocycles. The van der Waals surface area contributed by atoms with E-state index in [-0.39, 0.29) is 26.2 Å². The summed E-state index contributed by atoms with van der Waals surface area (Å²) in [6, 6.07) is 18.9. The van der Waals surface area contributed by atoms with Crippen molar-refractivity contribution in [3.8, 4) is 0 Å². The van der Waals surface area contributed by atoms with Gasteiger partial charge in [0.15, 0.2) is 6.61 Å². The minimum absolute atomic E-state index is 0.152. The maximum Gasteiger partial charge on any atom is 0.344 e. The molecule has 0 N–H and O–H groups in total. The summed E-state index contributed by atoms with van der Waals surface area (Å²) in [5.41, 5.74) is 1.89. The first kappa shape index (κ1) is 24.5. The van der Waals surface area contributed by atoms with E-state index in [1.807, 2.05) is 60.7 Å². The van der Waals surface area contributed by atoms with Crippen LogP contribution < -0.4 is 0 Å². The standard InChI is InChI=1S/C23H28O8/c24-22(27-19-23(25)26-17-20-9-3-1-4-10-20)13-7-8-14-28-29-15-16-30-31-18-21-11-5-2-6-12-21/h1-6,9-12H,7-8,13-19H2. The van der Waals surface area contributed by atoms with Gasteiger partial charge in [-0.2, -0.15) is 0 Å². The molecule has 2 aromatic rings. The highest BCUT2D eigenvalue weighted by molar-refractivity contribution is 5.76. The molecule has 0 radical (unpaired) electrons. The summed E-state index contributed by atoms with van der Waals surface area (Å²) < 4.78 is 9.93. The van der Waals surface area contributed by atoms with Crippen LogP contribution >= 0.6 is 0 Å². The zero-order valence-corrected chi connectivity index (χ0v) is 17.4. The number of carbonyl (C=O) groups excluding carboxylic acids is 2. The predicted octanol–water partition coefficient (Wildman–Crippen LogP) is 3.54. The lowest BCUT2D eigenvalue weighted by Gasteiger charge is -2.07. The molecule has 2 rings (SSSR count). The highest BCUT2D eigenvalue weighted by Gasteiger charge is 2.09. The summed E-state index contributed by atoms with van der Waals surface area (Å²) in [7, 11) is 0. The van der Waals surface area contributed by atoms with Gasteiger partial charge in [-0.1, -0.05) is 60.7 Å². The van der Waals surface area contributed by atoms with Crippen molar-refractivity contribution in [2.24, 2.45) is 0 Å². The van der Waals surface area contributed by atoms with E-state index in [0.717, 1.165) is 11.1 Å². The number of unbranched alkanes of at least 4 members (excludes halogenated alkanes) is 1. The molecule has 0 aromatic heterocycles. The molecule has 0 amide bonds. The zero-order chi connectivity index (χ0) is 22.0. The Balaban J connectivity index is 1.34. The lowest BCUT2D eigenvalue weighted by molar-refractivity contribution is -0.345. The van der Waals surface area contributed by atoms with Gasteiger partial charge in [-0.05, 0) is 24.0 Å². The van der Waals surface area contributed by atoms with Gasteiger partial charge in [-0.15, -0.1) is 0 Å². The summed E-state index contributed by atoms with van der Waals surface area (Å²) >= 11 is 0. The Bertz CT molecular complexity index is 736. The fourth-order valence-electron chi connectivity index (χ4n) is 2.35. The molecule has 0 unspecified atom stereocenters. The number of rotatable bonds is 16. The van der Waals surface area contributed by atoms with Gasteiger partial charge >= 0.3 is 11.9 Å². The molecule has 8 nitrogen and oxygen atoms in total. The van der Waals surface area contributed by atoms with Crippen molar-refractivity contribution in [3.63, 3.8) is 0 Å². The quantitative estimate of drug-likeness (QED) is 0.172. The fourth-order valence-corrected chi connectivity index (χ4v) is 2.35. The van der Waals surface area contributed by atoms with Crippen LogP contribution in [0.25, 0.3) is 0 Å². The van der Waals surface area contributed by atoms with Crippen molar-refractivity contribution in [3.05, 3.63) is 71.8 Å². The SMILES string of the molecule is O=C(CCCCOOCCOOCc1ccccc1)OCC(=O)OCc1ccccc1. The molecule has 0 fully saturated rings. The first-order valence-corrected chi connectivity index (χ1v) is 10.1. The molecular weight excluding hydrogens is 404 g/mol. The van der Waals surface area contributed by atoms with E-state index in [9.17, 15) is 9.59 Å². The van der Waals surface area contributed by atoms with Gasteiger partial charge in [0, 0.05) is 6.42 Å². The van der Waals surface area contributed by atoms with Crippen molar-refractivity contribution >= 4 is 11.9 Å². The van der Waals surface area contributed by atoms with Crippen LogP contribution in [0.2, 0.25) is 0 Å². The first-order valence-electron chi connectivity index (χ1n) is 10.1. The highest BCUT2D eigenvalue weighted by Crippen LogP contribution is 2.03. The van der Waals surface area contributed by atoms with Gasteiger partial charge in [0.2, 0.25) is 0 Å². The molecule has 31 heavy (non-hydrogen) atoms. The van der Waals surface area contributed by atoms with Crippen LogP contribution in [-0.4, -0.2) is 38.4 Å². The Morgan fingerprint density at radius 3 is 1.84 bits per heavy atom. The summed E-state index contributed by atoms with van der Waals surface area (Å²) in [6.45, 7) is 0.914. The fraction of sp³-hybridized carbons (Fsp3) is 0.391. The average Bonchev–Trinajstić information content (AvgIpc) is 2.81. The summed E-state index contributed by atoms with van der Waals surface area (Å²) in [5, 5.41) is 0. The number of esters is 2. The Morgan fingerprint density at radius 2 is 1.16 bits per heavy atom. The van der Waals surface area contributed by atoms with Crippen LogP contribution in [0.4, 0.5) is 0 Å². The van der Waals surface area contributed by atoms with Crippen molar-refractivity contribution < 1.29 is 38.6 Å². The van der Waals surface area contributed by atoms with Crippen LogP contribution in [-0.2, 0) is 51.8 Å². The van der Waals surface area contributed by atoms with Gasteiger partial charge < -0.3 is 9.47 Å². The second-order valence-corrected chi connectivity index (χ2v) is 6.48. The molecule has 0 aliphatic rings. The third kappa shape index (κ3) is 12.5. The van der Waals surface area contributed by atoms with E-state index in [1.165, 1.54) is 0 Å². The monoisotopic (exact) mass is 432 g/mol. The molecule has 0 saturated heterocycles. The molecule has 0 atom stereocenters. The van der Waals surface area contributed by atoms with Crippen molar-refractivity contribution in [1.82, 2.24) is 0 Å². The van der Waals surface area contributed by atoms with E-state index in [4.69, 9.17) is 29.0 Å². The molecule has 168 valence electrons. The number of hydrogen-bond donors (Lipinski definition) is 0. The van der Waals surface area contributed by atoms with Crippen LogP contribution in [0.15, 0.2) is 60.7 Å². The third-order valence-corrected chi connectivity index (χ3v) is 3.94. The second-order valence-electron chi connectivity index (χ2n) is 6.48. The molecular formula is C23H28O8. The lowest BCUT2D eigenvalue weighted by atomic mass is 10.2. The average molecular weight is 432 g/mol. The summed E-state index contributed by atoms with van der Waals surface area (Å²) in [4.78, 5) is 43.2. The van der Waals surface area contributed by atoms with E-state index < -0.39 is 18.5 Å². The van der Waals surface area contributed by atoms with E-state index >= 15 is 0 Å². The van der Waals surface area contributed by atoms with E-state index in [1.54, 1.807) is 0 Å². The molecule has 0 heterocycles. The number of ether oxygens (including phenoxy) is 2. The maximum absolute atomic E-state index is 11.6. The van der Waals surface area contributed by atoms with Crippen molar-refractivity contribution in [2.45, 2.75) is 32.5 Å². The van der Waals surface area contributed by atoms with Crippen LogP contribution in [0, 0.1) is 0 Å². The van der Waals surface area contributed by atoms with Gasteiger partial charge in [0.25, 0.3) is 0 Å². The topological polar surface area (TPSA) is 89.5 Å². The molecule has 2 aromatic carbocycles. The molecule has 0 spiro atoms. The normalized spacial score (nSPS) is 10.6. The number of benzene rings is 2. The molecule has 0 saturated carbocycles. The van der Waals surface area contributed by atoms with E-state index in [2.05, 4.69) is 0 Å². The summed E-state index contributed by atoms with van der Waals surface area (Å²) in [6.07, 6.45) is 1.35. The summed E-state index contributed by atoms with van der Waals surface area (Å²) in [5.74, 6) is -1.04. The third-order valence-electron chi connectivity index (χ3n) is 3.94. The van der Waals surface area contributed by atoms with Gasteiger partial charge in [0.1, 0.15) is 26.4 Å². The van der Waals surface area contributed by atoms with Gasteiger partial charge in [-0.3, -0.25) is 4.79 Å². The lowest BCUT2D eigenvalue weighted by Crippen LogP contribution is -2.16. The van der Waals surface area contributed by atoms with Gasteiger partial charge in [0.05, 0.1) is 6.61 Å². The Morgan fingerprint density at radius 1 is 0.581 bits per heavy atom. The Hall–Kier alpha value is -2.78. The first-order chi connectivity index (χ1) is 15.2. The maximum atomic E-state index is 11.6. The van der Waals surface area contributed by atoms with Crippen molar-refractivity contribution in [2.75, 3.05) is 26.4 Å². The van der Waals surface area contributed by atoms with Gasteiger partial charge in [-0.25, -0.2) is 24.3 Å². The number of hydrogen-bond acceptors (Lipinski definition) is 8. The molecule has 0 aliphatic carbocycles. The Kier molecular flexibility index (Phi) is 12.6. The van der Waals surface area contributed by atoms with Crippen LogP contribution in [0.3, 0.4) is 0 Å². The van der Waals surface area contributed by atoms with E-state index in [0.29, 0.717) is 26.1 Å². The van der Waals surface area contributed by atoms with Crippen LogP contribution in [0.5, 0.6) is 0 Å². The molecule has 0 bridgehead atoms. The number of carbonyl (C=O) groups is 2. The predicted molar refractivity (Wildman–Crippen MR) is 110 cm³/mol.